The molecule has 1 N–H and O–H groups in total. The SMILES string of the molecule is COc1ccccc1OCCOc1cccc(/C=C(\C(=O)O)c2cccs2)c1. The zero-order valence-corrected chi connectivity index (χ0v) is 16.1. The van der Waals surface area contributed by atoms with Crippen molar-refractivity contribution in [3.05, 3.63) is 76.5 Å². The summed E-state index contributed by atoms with van der Waals surface area (Å²) in [6.07, 6.45) is 1.65. The molecule has 0 aliphatic heterocycles. The summed E-state index contributed by atoms with van der Waals surface area (Å²) < 4.78 is 16.7. The molecule has 144 valence electrons. The highest BCUT2D eigenvalue weighted by atomic mass is 32.1. The van der Waals surface area contributed by atoms with Crippen LogP contribution in [0.2, 0.25) is 0 Å². The predicted molar refractivity (Wildman–Crippen MR) is 110 cm³/mol. The molecule has 0 bridgehead atoms. The van der Waals surface area contributed by atoms with Crippen LogP contribution in [0.5, 0.6) is 17.2 Å². The van der Waals surface area contributed by atoms with E-state index in [-0.39, 0.29) is 5.57 Å². The van der Waals surface area contributed by atoms with Crippen LogP contribution in [0.4, 0.5) is 0 Å². The third-order valence-electron chi connectivity index (χ3n) is 3.86. The molecule has 5 nitrogen and oxygen atoms in total. The van der Waals surface area contributed by atoms with E-state index >= 15 is 0 Å². The first-order chi connectivity index (χ1) is 13.7. The molecule has 0 unspecified atom stereocenters. The van der Waals surface area contributed by atoms with Gasteiger partial charge in [-0.1, -0.05) is 30.3 Å². The monoisotopic (exact) mass is 396 g/mol. The van der Waals surface area contributed by atoms with Crippen LogP contribution in [0.15, 0.2) is 66.0 Å². The van der Waals surface area contributed by atoms with Crippen LogP contribution in [-0.2, 0) is 4.79 Å². The lowest BCUT2D eigenvalue weighted by Crippen LogP contribution is -2.09. The van der Waals surface area contributed by atoms with Crippen LogP contribution < -0.4 is 14.2 Å². The highest BCUT2D eigenvalue weighted by Gasteiger charge is 2.11. The Morgan fingerprint density at radius 2 is 1.79 bits per heavy atom. The van der Waals surface area contributed by atoms with E-state index in [1.807, 2.05) is 53.9 Å². The Kier molecular flexibility index (Phi) is 6.70. The van der Waals surface area contributed by atoms with Gasteiger partial charge >= 0.3 is 5.97 Å². The smallest absolute Gasteiger partial charge is 0.337 e. The van der Waals surface area contributed by atoms with Crippen LogP contribution in [0, 0.1) is 0 Å². The van der Waals surface area contributed by atoms with Crippen molar-refractivity contribution in [1.29, 1.82) is 0 Å². The number of carbonyl (C=O) groups is 1. The third-order valence-corrected chi connectivity index (χ3v) is 4.77. The van der Waals surface area contributed by atoms with Crippen molar-refractivity contribution in [2.45, 2.75) is 0 Å². The minimum atomic E-state index is -0.959. The summed E-state index contributed by atoms with van der Waals surface area (Å²) in [7, 11) is 1.60. The summed E-state index contributed by atoms with van der Waals surface area (Å²) in [5.74, 6) is 1.02. The van der Waals surface area contributed by atoms with Gasteiger partial charge in [-0.25, -0.2) is 4.79 Å². The van der Waals surface area contributed by atoms with Gasteiger partial charge in [0, 0.05) is 4.88 Å². The minimum Gasteiger partial charge on any atom is -0.493 e. The molecule has 0 atom stereocenters. The average molecular weight is 396 g/mol. The molecule has 0 amide bonds. The lowest BCUT2D eigenvalue weighted by atomic mass is 10.1. The first-order valence-electron chi connectivity index (χ1n) is 8.65. The molecule has 1 heterocycles. The predicted octanol–water partition coefficient (Wildman–Crippen LogP) is 4.84. The second kappa shape index (κ2) is 9.62. The molecule has 1 aromatic heterocycles. The van der Waals surface area contributed by atoms with E-state index in [1.54, 1.807) is 25.3 Å². The summed E-state index contributed by atoms with van der Waals surface area (Å²) in [5.41, 5.74) is 1.01. The molecule has 3 rings (SSSR count). The van der Waals surface area contributed by atoms with E-state index in [4.69, 9.17) is 14.2 Å². The molecule has 6 heteroatoms. The number of aliphatic carboxylic acids is 1. The van der Waals surface area contributed by atoms with E-state index in [0.717, 1.165) is 5.56 Å². The Balaban J connectivity index is 1.62. The molecule has 2 aromatic carbocycles. The van der Waals surface area contributed by atoms with Gasteiger partial charge < -0.3 is 19.3 Å². The van der Waals surface area contributed by atoms with Crippen LogP contribution in [0.25, 0.3) is 11.6 Å². The Morgan fingerprint density at radius 3 is 2.50 bits per heavy atom. The van der Waals surface area contributed by atoms with Crippen molar-refractivity contribution in [3.63, 3.8) is 0 Å². The zero-order chi connectivity index (χ0) is 19.8. The van der Waals surface area contributed by atoms with Gasteiger partial charge in [-0.05, 0) is 47.4 Å². The number of thiophene rings is 1. The maximum atomic E-state index is 11.6. The second-order valence-corrected chi connectivity index (χ2v) is 6.71. The van der Waals surface area contributed by atoms with Gasteiger partial charge in [-0.2, -0.15) is 0 Å². The van der Waals surface area contributed by atoms with E-state index in [9.17, 15) is 9.90 Å². The maximum Gasteiger partial charge on any atom is 0.337 e. The fourth-order valence-corrected chi connectivity index (χ4v) is 3.31. The largest absolute Gasteiger partial charge is 0.493 e. The lowest BCUT2D eigenvalue weighted by molar-refractivity contribution is -0.130. The fourth-order valence-electron chi connectivity index (χ4n) is 2.58. The van der Waals surface area contributed by atoms with E-state index < -0.39 is 5.97 Å². The molecule has 0 saturated carbocycles. The lowest BCUT2D eigenvalue weighted by Gasteiger charge is -2.11. The van der Waals surface area contributed by atoms with E-state index in [2.05, 4.69) is 0 Å². The van der Waals surface area contributed by atoms with Gasteiger partial charge in [-0.3, -0.25) is 0 Å². The highest BCUT2D eigenvalue weighted by Crippen LogP contribution is 2.26. The van der Waals surface area contributed by atoms with Gasteiger partial charge in [0.25, 0.3) is 0 Å². The third kappa shape index (κ3) is 5.14. The summed E-state index contributed by atoms with van der Waals surface area (Å²) in [4.78, 5) is 12.3. The normalized spacial score (nSPS) is 11.1. The van der Waals surface area contributed by atoms with Gasteiger partial charge in [-0.15, -0.1) is 11.3 Å². The quantitative estimate of drug-likeness (QED) is 0.414. The fraction of sp³-hybridized carbons (Fsp3) is 0.136. The van der Waals surface area contributed by atoms with Crippen molar-refractivity contribution < 1.29 is 24.1 Å². The van der Waals surface area contributed by atoms with Gasteiger partial charge in [0.2, 0.25) is 0 Å². The number of hydrogen-bond acceptors (Lipinski definition) is 5. The molecule has 0 spiro atoms. The Labute approximate surface area is 167 Å². The number of carboxylic acids is 1. The standard InChI is InChI=1S/C22H20O5S/c1-25-19-8-2-3-9-20(19)27-12-11-26-17-7-4-6-16(14-17)15-18(22(23)24)21-10-5-13-28-21/h2-10,13-15H,11-12H2,1H3,(H,23,24)/b18-15-. The first kappa shape index (κ1) is 19.5. The Bertz CT molecular complexity index is 947. The molecule has 3 aromatic rings. The number of ether oxygens (including phenoxy) is 3. The van der Waals surface area contributed by atoms with Crippen LogP contribution in [-0.4, -0.2) is 31.4 Å². The summed E-state index contributed by atoms with van der Waals surface area (Å²) in [5, 5.41) is 11.3. The number of para-hydroxylation sites is 2. The molecular weight excluding hydrogens is 376 g/mol. The number of benzene rings is 2. The van der Waals surface area contributed by atoms with Crippen LogP contribution in [0.1, 0.15) is 10.4 Å². The summed E-state index contributed by atoms with van der Waals surface area (Å²) in [6, 6.07) is 18.3. The average Bonchev–Trinajstić information content (AvgIpc) is 3.24. The second-order valence-electron chi connectivity index (χ2n) is 5.76. The van der Waals surface area contributed by atoms with Crippen molar-refractivity contribution in [2.75, 3.05) is 20.3 Å². The molecule has 0 saturated heterocycles. The maximum absolute atomic E-state index is 11.6. The molecule has 0 aliphatic rings. The molecule has 0 aliphatic carbocycles. The number of methoxy groups -OCH3 is 1. The molecule has 0 radical (unpaired) electrons. The minimum absolute atomic E-state index is 0.256. The molecule has 0 fully saturated rings. The summed E-state index contributed by atoms with van der Waals surface area (Å²) >= 11 is 1.39. The molecular formula is C22H20O5S. The van der Waals surface area contributed by atoms with Gasteiger partial charge in [0.15, 0.2) is 11.5 Å². The number of hydrogen-bond donors (Lipinski definition) is 1. The van der Waals surface area contributed by atoms with E-state index in [0.29, 0.717) is 35.3 Å². The van der Waals surface area contributed by atoms with Crippen LogP contribution >= 0.6 is 11.3 Å². The molecule has 28 heavy (non-hydrogen) atoms. The van der Waals surface area contributed by atoms with E-state index in [1.165, 1.54) is 11.3 Å². The van der Waals surface area contributed by atoms with Crippen LogP contribution in [0.3, 0.4) is 0 Å². The summed E-state index contributed by atoms with van der Waals surface area (Å²) in [6.45, 7) is 0.706. The Morgan fingerprint density at radius 1 is 1.00 bits per heavy atom. The Hall–Kier alpha value is -3.25. The van der Waals surface area contributed by atoms with Crippen molar-refractivity contribution in [1.82, 2.24) is 0 Å². The zero-order valence-electron chi connectivity index (χ0n) is 15.3. The van der Waals surface area contributed by atoms with Gasteiger partial charge in [0.05, 0.1) is 12.7 Å². The van der Waals surface area contributed by atoms with Crippen molar-refractivity contribution in [3.8, 4) is 17.2 Å². The van der Waals surface area contributed by atoms with Crippen molar-refractivity contribution in [2.24, 2.45) is 0 Å². The topological polar surface area (TPSA) is 65.0 Å². The first-order valence-corrected chi connectivity index (χ1v) is 9.53. The van der Waals surface area contributed by atoms with Gasteiger partial charge in [0.1, 0.15) is 19.0 Å². The highest BCUT2D eigenvalue weighted by molar-refractivity contribution is 7.11. The number of carboxylic acid groups (broad SMARTS) is 1. The number of rotatable bonds is 9. The van der Waals surface area contributed by atoms with Crippen molar-refractivity contribution >= 4 is 29.0 Å².